The van der Waals surface area contributed by atoms with Crippen LogP contribution in [0, 0.1) is 0 Å². The summed E-state index contributed by atoms with van der Waals surface area (Å²) in [7, 11) is -3.42. The molecule has 174 valence electrons. The largest absolute Gasteiger partial charge is 0.369 e. The molecule has 0 radical (unpaired) electrons. The van der Waals surface area contributed by atoms with E-state index in [9.17, 15) is 13.2 Å². The molecule has 4 rings (SSSR count). The Labute approximate surface area is 195 Å². The van der Waals surface area contributed by atoms with E-state index >= 15 is 0 Å². The molecule has 2 aliphatic rings. The second-order valence-corrected chi connectivity index (χ2v) is 11.7. The van der Waals surface area contributed by atoms with Gasteiger partial charge in [-0.15, -0.1) is 11.3 Å². The number of carbonyl (C=O) groups is 1. The van der Waals surface area contributed by atoms with E-state index in [0.29, 0.717) is 23.8 Å². The number of nitrogens with one attached hydrogen (secondary N) is 1. The third kappa shape index (κ3) is 5.89. The van der Waals surface area contributed by atoms with Crippen LogP contribution in [0.1, 0.15) is 24.1 Å². The summed E-state index contributed by atoms with van der Waals surface area (Å²) in [5.74, 6) is -0.0586. The average molecular weight is 477 g/mol. The summed E-state index contributed by atoms with van der Waals surface area (Å²) in [5, 5.41) is 2.99. The van der Waals surface area contributed by atoms with E-state index < -0.39 is 10.0 Å². The molecule has 0 saturated carbocycles. The van der Waals surface area contributed by atoms with Gasteiger partial charge in [-0.1, -0.05) is 24.6 Å². The summed E-state index contributed by atoms with van der Waals surface area (Å²) in [6.07, 6.45) is 3.15. The summed E-state index contributed by atoms with van der Waals surface area (Å²) in [6, 6.07) is 13.9. The minimum Gasteiger partial charge on any atom is -0.369 e. The van der Waals surface area contributed by atoms with Gasteiger partial charge in [-0.05, 0) is 37.1 Å². The Balaban J connectivity index is 1.18. The first kappa shape index (κ1) is 23.2. The molecule has 7 nitrogen and oxygen atoms in total. The molecule has 0 unspecified atom stereocenters. The van der Waals surface area contributed by atoms with Crippen molar-refractivity contribution in [1.82, 2.24) is 14.5 Å². The number of hydrogen-bond donors (Lipinski definition) is 1. The van der Waals surface area contributed by atoms with Crippen LogP contribution in [0.3, 0.4) is 0 Å². The van der Waals surface area contributed by atoms with Crippen molar-refractivity contribution in [1.29, 1.82) is 0 Å². The van der Waals surface area contributed by atoms with Gasteiger partial charge in [0.2, 0.25) is 5.91 Å². The second kappa shape index (κ2) is 10.8. The molecule has 0 aliphatic carbocycles. The van der Waals surface area contributed by atoms with Gasteiger partial charge in [-0.3, -0.25) is 9.69 Å². The van der Waals surface area contributed by atoms with Crippen molar-refractivity contribution in [2.75, 3.05) is 57.3 Å². The van der Waals surface area contributed by atoms with E-state index in [1.54, 1.807) is 16.4 Å². The van der Waals surface area contributed by atoms with Crippen LogP contribution in [0.5, 0.6) is 0 Å². The number of rotatable bonds is 8. The number of thiophene rings is 1. The summed E-state index contributed by atoms with van der Waals surface area (Å²) in [4.78, 5) is 17.9. The van der Waals surface area contributed by atoms with Gasteiger partial charge in [0.15, 0.2) is 0 Å². The number of piperazine rings is 1. The Morgan fingerprint density at radius 1 is 0.906 bits per heavy atom. The molecular weight excluding hydrogens is 444 g/mol. The van der Waals surface area contributed by atoms with Crippen LogP contribution in [-0.4, -0.2) is 75.9 Å². The predicted molar refractivity (Wildman–Crippen MR) is 129 cm³/mol. The minimum atomic E-state index is -3.42. The second-order valence-electron chi connectivity index (χ2n) is 8.38. The van der Waals surface area contributed by atoms with E-state index in [2.05, 4.69) is 39.4 Å². The Hall–Kier alpha value is -1.94. The molecule has 2 fully saturated rings. The fourth-order valence-electron chi connectivity index (χ4n) is 4.27. The van der Waals surface area contributed by atoms with Gasteiger partial charge < -0.3 is 10.2 Å². The van der Waals surface area contributed by atoms with Gasteiger partial charge in [0.25, 0.3) is 10.0 Å². The molecule has 9 heteroatoms. The smallest absolute Gasteiger partial charge is 0.252 e. The molecule has 1 aromatic heterocycles. The van der Waals surface area contributed by atoms with Gasteiger partial charge in [0.05, 0.1) is 6.42 Å². The molecule has 1 aromatic carbocycles. The standard InChI is InChI=1S/C23H32N4O3S2/c28-22(19-21-9-10-23(31-21)32(29,30)27-12-5-2-6-13-27)24-11-14-25-15-17-26(18-16-25)20-7-3-1-4-8-20/h1,3-4,7-10H,2,5-6,11-19H2,(H,24,28). The number of para-hydroxylation sites is 1. The molecule has 0 spiro atoms. The number of nitrogens with zero attached hydrogens (tertiary/aromatic N) is 3. The molecule has 3 heterocycles. The highest BCUT2D eigenvalue weighted by atomic mass is 32.2. The molecule has 2 saturated heterocycles. The van der Waals surface area contributed by atoms with E-state index in [4.69, 9.17) is 0 Å². The highest BCUT2D eigenvalue weighted by molar-refractivity contribution is 7.91. The number of hydrogen-bond acceptors (Lipinski definition) is 6. The van der Waals surface area contributed by atoms with Crippen LogP contribution in [0.15, 0.2) is 46.7 Å². The van der Waals surface area contributed by atoms with Gasteiger partial charge in [-0.25, -0.2) is 8.42 Å². The Bertz CT molecular complexity index is 980. The molecule has 1 amide bonds. The monoisotopic (exact) mass is 476 g/mol. The SMILES string of the molecule is O=C(Cc1ccc(S(=O)(=O)N2CCCCC2)s1)NCCN1CCN(c2ccccc2)CC1. The quantitative estimate of drug-likeness (QED) is 0.634. The van der Waals surface area contributed by atoms with Crippen LogP contribution in [-0.2, 0) is 21.2 Å². The lowest BCUT2D eigenvalue weighted by Crippen LogP contribution is -2.48. The lowest BCUT2D eigenvalue weighted by atomic mass is 10.2. The molecule has 32 heavy (non-hydrogen) atoms. The van der Waals surface area contributed by atoms with Crippen LogP contribution in [0.2, 0.25) is 0 Å². The number of amides is 1. The van der Waals surface area contributed by atoms with Gasteiger partial charge in [0.1, 0.15) is 4.21 Å². The molecule has 0 atom stereocenters. The number of carbonyl (C=O) groups excluding carboxylic acids is 1. The highest BCUT2D eigenvalue weighted by Gasteiger charge is 2.27. The van der Waals surface area contributed by atoms with Gasteiger partial charge in [0, 0.05) is 62.9 Å². The number of piperidine rings is 1. The summed E-state index contributed by atoms with van der Waals surface area (Å²) in [6.45, 7) is 6.55. The zero-order valence-corrected chi connectivity index (χ0v) is 20.0. The molecule has 2 aromatic rings. The summed E-state index contributed by atoms with van der Waals surface area (Å²) in [5.41, 5.74) is 1.26. The zero-order valence-electron chi connectivity index (χ0n) is 18.4. The average Bonchev–Trinajstić information content (AvgIpc) is 3.30. The van der Waals surface area contributed by atoms with E-state index in [1.807, 2.05) is 6.07 Å². The fraction of sp³-hybridized carbons (Fsp3) is 0.522. The lowest BCUT2D eigenvalue weighted by Gasteiger charge is -2.36. The van der Waals surface area contributed by atoms with Crippen LogP contribution >= 0.6 is 11.3 Å². The molecular formula is C23H32N4O3S2. The van der Waals surface area contributed by atoms with Gasteiger partial charge >= 0.3 is 0 Å². The van der Waals surface area contributed by atoms with E-state index in [-0.39, 0.29) is 12.3 Å². The van der Waals surface area contributed by atoms with Crippen molar-refractivity contribution in [3.8, 4) is 0 Å². The highest BCUT2D eigenvalue weighted by Crippen LogP contribution is 2.27. The fourth-order valence-corrected chi connectivity index (χ4v) is 7.29. The predicted octanol–water partition coefficient (Wildman–Crippen LogP) is 2.40. The maximum absolute atomic E-state index is 12.8. The summed E-state index contributed by atoms with van der Waals surface area (Å²) < 4.78 is 27.5. The Morgan fingerprint density at radius 3 is 2.34 bits per heavy atom. The third-order valence-corrected chi connectivity index (χ3v) is 9.58. The number of anilines is 1. The van der Waals surface area contributed by atoms with E-state index in [1.165, 1.54) is 17.0 Å². The third-order valence-electron chi connectivity index (χ3n) is 6.12. The molecule has 2 aliphatic heterocycles. The first-order valence-corrected chi connectivity index (χ1v) is 13.7. The number of sulfonamides is 1. The molecule has 0 bridgehead atoms. The minimum absolute atomic E-state index is 0.0586. The van der Waals surface area contributed by atoms with Crippen LogP contribution < -0.4 is 10.2 Å². The van der Waals surface area contributed by atoms with Crippen LogP contribution in [0.4, 0.5) is 5.69 Å². The van der Waals surface area contributed by atoms with Crippen molar-refractivity contribution < 1.29 is 13.2 Å². The van der Waals surface area contributed by atoms with E-state index in [0.717, 1.165) is 56.9 Å². The van der Waals surface area contributed by atoms with Gasteiger partial charge in [-0.2, -0.15) is 4.31 Å². The van der Waals surface area contributed by atoms with Crippen LogP contribution in [0.25, 0.3) is 0 Å². The molecule has 1 N–H and O–H groups in total. The first-order valence-electron chi connectivity index (χ1n) is 11.4. The van der Waals surface area contributed by atoms with Crippen molar-refractivity contribution in [3.05, 3.63) is 47.3 Å². The Morgan fingerprint density at radius 2 is 1.62 bits per heavy atom. The summed E-state index contributed by atoms with van der Waals surface area (Å²) >= 11 is 1.22. The lowest BCUT2D eigenvalue weighted by molar-refractivity contribution is -0.120. The Kier molecular flexibility index (Phi) is 7.83. The van der Waals surface area contributed by atoms with Crippen molar-refractivity contribution >= 4 is 33.0 Å². The maximum atomic E-state index is 12.8. The van der Waals surface area contributed by atoms with Crippen molar-refractivity contribution in [3.63, 3.8) is 0 Å². The normalized spacial score (nSPS) is 18.6. The first-order chi connectivity index (χ1) is 15.5. The zero-order chi connectivity index (χ0) is 22.4. The van der Waals surface area contributed by atoms with Crippen molar-refractivity contribution in [2.24, 2.45) is 0 Å². The number of benzene rings is 1. The maximum Gasteiger partial charge on any atom is 0.252 e. The topological polar surface area (TPSA) is 73.0 Å². The van der Waals surface area contributed by atoms with Crippen molar-refractivity contribution in [2.45, 2.75) is 29.9 Å².